The molecule has 0 nitrogen and oxygen atoms in total. The molecule has 2 bridgehead atoms. The molecule has 0 aliphatic heterocycles. The van der Waals surface area contributed by atoms with E-state index in [1.54, 1.807) is 0 Å². The molecule has 0 N–H and O–H groups in total. The van der Waals surface area contributed by atoms with Crippen molar-refractivity contribution in [1.29, 1.82) is 0 Å². The predicted molar refractivity (Wildman–Crippen MR) is 192 cm³/mol. The number of benzene rings is 5. The van der Waals surface area contributed by atoms with Gasteiger partial charge in [0.25, 0.3) is 0 Å². The second-order valence-electron chi connectivity index (χ2n) is 10.9. The molecule has 212 valence electrons. The van der Waals surface area contributed by atoms with Gasteiger partial charge in [0.05, 0.1) is 0 Å². The minimum atomic E-state index is -0.707. The normalized spacial score (nSPS) is 15.5. The first kappa shape index (κ1) is 29.3. The summed E-state index contributed by atoms with van der Waals surface area (Å²) in [7, 11) is -1.34. The highest BCUT2D eigenvalue weighted by molar-refractivity contribution is 7.80. The highest BCUT2D eigenvalue weighted by Gasteiger charge is 2.22. The summed E-state index contributed by atoms with van der Waals surface area (Å²) in [5.41, 5.74) is 4.32. The van der Waals surface area contributed by atoms with Crippen molar-refractivity contribution in [3.63, 3.8) is 0 Å². The van der Waals surface area contributed by atoms with Gasteiger partial charge < -0.3 is 0 Å². The number of aryl methyl sites for hydroxylation is 2. The van der Waals surface area contributed by atoms with Gasteiger partial charge in [-0.15, -0.1) is 0 Å². The maximum absolute atomic E-state index is 4.38. The molecule has 0 radical (unpaired) electrons. The van der Waals surface area contributed by atoms with Gasteiger partial charge in [-0.1, -0.05) is 164 Å². The average Bonchev–Trinajstić information content (AvgIpc) is 3.07. The molecule has 0 saturated heterocycles. The van der Waals surface area contributed by atoms with Crippen molar-refractivity contribution >= 4 is 42.4 Å². The molecule has 0 aromatic heterocycles. The Morgan fingerprint density at radius 1 is 0.581 bits per heavy atom. The minimum absolute atomic E-state index is 0.637. The van der Waals surface area contributed by atoms with Crippen molar-refractivity contribution in [2.75, 3.05) is 0 Å². The monoisotopic (exact) mass is 592 g/mol. The number of rotatable bonds is 7. The maximum atomic E-state index is 4.38. The molecule has 0 unspecified atom stereocenters. The molecule has 2 aliphatic carbocycles. The molecule has 0 fully saturated rings. The minimum Gasteiger partial charge on any atom is -0.0984 e. The summed E-state index contributed by atoms with van der Waals surface area (Å²) < 4.78 is 0. The molecule has 0 saturated carbocycles. The van der Waals surface area contributed by atoms with Crippen LogP contribution in [0.1, 0.15) is 30.4 Å². The smallest absolute Gasteiger partial charge is 0.0116 e. The van der Waals surface area contributed by atoms with Gasteiger partial charge in [0.1, 0.15) is 0 Å². The second kappa shape index (κ2) is 14.6. The summed E-state index contributed by atoms with van der Waals surface area (Å²) in [6, 6.07) is 51.6. The largest absolute Gasteiger partial charge is 0.0984 e. The second-order valence-corrected chi connectivity index (χ2v) is 15.3. The summed E-state index contributed by atoms with van der Waals surface area (Å²) in [5.74, 6) is 0. The molecular weight excluding hydrogens is 554 g/mol. The Hall–Kier alpha value is -3.82. The maximum Gasteiger partial charge on any atom is -0.0116 e. The van der Waals surface area contributed by atoms with E-state index in [0.717, 1.165) is 32.1 Å². The molecular formula is C41H38P2. The van der Waals surface area contributed by atoms with Crippen LogP contribution in [0.15, 0.2) is 175 Å². The third-order valence-electron chi connectivity index (χ3n) is 8.03. The van der Waals surface area contributed by atoms with Crippen molar-refractivity contribution in [2.24, 2.45) is 0 Å². The SMILES string of the molecule is C=C/C(=C1\C=C/CCCc2ccc(cc2P(c2ccccc2)c2ccccc2)CC1)P(c1ccccc1)c1ccccc1. The van der Waals surface area contributed by atoms with Gasteiger partial charge >= 0.3 is 0 Å². The Kier molecular flexibility index (Phi) is 9.92. The van der Waals surface area contributed by atoms with E-state index in [-0.39, 0.29) is 0 Å². The Morgan fingerprint density at radius 2 is 1.12 bits per heavy atom. The molecule has 2 heteroatoms. The van der Waals surface area contributed by atoms with Crippen molar-refractivity contribution < 1.29 is 0 Å². The molecule has 0 spiro atoms. The van der Waals surface area contributed by atoms with Crippen molar-refractivity contribution in [3.8, 4) is 0 Å². The van der Waals surface area contributed by atoms with E-state index < -0.39 is 15.8 Å². The van der Waals surface area contributed by atoms with Gasteiger partial charge in [0.2, 0.25) is 0 Å². The molecule has 0 heterocycles. The van der Waals surface area contributed by atoms with Gasteiger partial charge in [-0.3, -0.25) is 0 Å². The Morgan fingerprint density at radius 3 is 1.65 bits per heavy atom. The lowest BCUT2D eigenvalue weighted by molar-refractivity contribution is 0.840. The molecule has 7 rings (SSSR count). The van der Waals surface area contributed by atoms with Gasteiger partial charge in [-0.2, -0.15) is 0 Å². The van der Waals surface area contributed by atoms with E-state index in [1.165, 1.54) is 48.5 Å². The van der Waals surface area contributed by atoms with E-state index in [2.05, 4.69) is 164 Å². The van der Waals surface area contributed by atoms with Crippen LogP contribution in [0.4, 0.5) is 0 Å². The third-order valence-corrected chi connectivity index (χ3v) is 13.1. The quantitative estimate of drug-likeness (QED) is 0.166. The Bertz CT molecular complexity index is 1610. The summed E-state index contributed by atoms with van der Waals surface area (Å²) in [6.07, 6.45) is 12.2. The molecule has 0 amide bonds. The molecule has 5 aromatic rings. The van der Waals surface area contributed by atoms with Crippen LogP contribution in [-0.2, 0) is 12.8 Å². The summed E-state index contributed by atoms with van der Waals surface area (Å²) in [5, 5.41) is 8.45. The van der Waals surface area contributed by atoms with E-state index in [0.29, 0.717) is 0 Å². The number of hydrogen-bond acceptors (Lipinski definition) is 0. The fraction of sp³-hybridized carbons (Fsp3) is 0.122. The third kappa shape index (κ3) is 7.05. The van der Waals surface area contributed by atoms with Crippen molar-refractivity contribution in [2.45, 2.75) is 32.1 Å². The van der Waals surface area contributed by atoms with E-state index in [4.69, 9.17) is 0 Å². The van der Waals surface area contributed by atoms with Crippen LogP contribution in [0.2, 0.25) is 0 Å². The first-order valence-corrected chi connectivity index (χ1v) is 17.9. The fourth-order valence-electron chi connectivity index (χ4n) is 5.92. The lowest BCUT2D eigenvalue weighted by atomic mass is 9.99. The van der Waals surface area contributed by atoms with Crippen LogP contribution in [0.25, 0.3) is 0 Å². The molecule has 2 aliphatic rings. The van der Waals surface area contributed by atoms with Crippen LogP contribution in [0.3, 0.4) is 0 Å². The lowest BCUT2D eigenvalue weighted by Crippen LogP contribution is -2.24. The van der Waals surface area contributed by atoms with E-state index >= 15 is 0 Å². The van der Waals surface area contributed by atoms with Crippen molar-refractivity contribution in [1.82, 2.24) is 0 Å². The highest BCUT2D eigenvalue weighted by Crippen LogP contribution is 2.46. The topological polar surface area (TPSA) is 0 Å². The average molecular weight is 593 g/mol. The Labute approximate surface area is 260 Å². The van der Waals surface area contributed by atoms with Gasteiger partial charge in [0, 0.05) is 0 Å². The fourth-order valence-corrected chi connectivity index (χ4v) is 10.9. The first-order chi connectivity index (χ1) is 21.3. The van der Waals surface area contributed by atoms with Crippen LogP contribution in [-0.4, -0.2) is 0 Å². The Balaban J connectivity index is 1.43. The van der Waals surface area contributed by atoms with Gasteiger partial charge in [-0.25, -0.2) is 0 Å². The van der Waals surface area contributed by atoms with Crippen LogP contribution >= 0.6 is 15.8 Å². The molecule has 43 heavy (non-hydrogen) atoms. The molecule has 0 atom stereocenters. The summed E-state index contributed by atoms with van der Waals surface area (Å²) in [4.78, 5) is 0. The zero-order valence-electron chi connectivity index (χ0n) is 24.6. The highest BCUT2D eigenvalue weighted by atomic mass is 31.1. The number of allylic oxidation sites excluding steroid dienone is 5. The summed E-state index contributed by atoms with van der Waals surface area (Å²) in [6.45, 7) is 4.38. The van der Waals surface area contributed by atoms with Gasteiger partial charge in [0.15, 0.2) is 0 Å². The van der Waals surface area contributed by atoms with E-state index in [9.17, 15) is 0 Å². The zero-order chi connectivity index (χ0) is 29.3. The number of fused-ring (bicyclic) bond motifs is 8. The van der Waals surface area contributed by atoms with Crippen LogP contribution < -0.4 is 26.5 Å². The lowest BCUT2D eigenvalue weighted by Gasteiger charge is -2.25. The first-order valence-electron chi connectivity index (χ1n) is 15.3. The zero-order valence-corrected chi connectivity index (χ0v) is 26.4. The van der Waals surface area contributed by atoms with Crippen LogP contribution in [0.5, 0.6) is 0 Å². The number of hydrogen-bond donors (Lipinski definition) is 0. The summed E-state index contributed by atoms with van der Waals surface area (Å²) >= 11 is 0. The molecule has 5 aromatic carbocycles. The standard InChI is InChI=1S/C41H38P2/c1-2-40(42(36-20-10-4-11-21-36)37-22-12-5-13-23-37)34-18-8-3-9-19-35-31-29-33(28-30-34)32-41(35)43(38-24-14-6-15-25-38)39-26-16-7-17-27-39/h2,4-8,10-18,20-27,29,31-32H,1,3,9,19,28,30H2/b18-8-,40-34-. The van der Waals surface area contributed by atoms with Crippen molar-refractivity contribution in [3.05, 3.63) is 186 Å². The van der Waals surface area contributed by atoms with Crippen LogP contribution in [0, 0.1) is 0 Å². The predicted octanol–water partition coefficient (Wildman–Crippen LogP) is 8.84. The van der Waals surface area contributed by atoms with E-state index in [1.807, 2.05) is 0 Å². The van der Waals surface area contributed by atoms with Gasteiger partial charge in [-0.05, 0) is 96.5 Å².